The van der Waals surface area contributed by atoms with Gasteiger partial charge in [-0.1, -0.05) is 23.8 Å². The van der Waals surface area contributed by atoms with Crippen molar-refractivity contribution in [1.29, 1.82) is 5.26 Å². The molecular weight excluding hydrogens is 350 g/mol. The Kier molecular flexibility index (Phi) is 4.73. The summed E-state index contributed by atoms with van der Waals surface area (Å²) in [7, 11) is 0. The first kappa shape index (κ1) is 17.6. The van der Waals surface area contributed by atoms with E-state index < -0.39 is 11.8 Å². The molecular formula is C18H15N5O2S. The molecule has 0 bridgehead atoms. The highest BCUT2D eigenvalue weighted by atomic mass is 32.2. The Bertz CT molecular complexity index is 994. The Morgan fingerprint density at radius 3 is 2.58 bits per heavy atom. The number of thioether (sulfide) groups is 1. The number of rotatable bonds is 4. The molecule has 1 aliphatic rings. The standard InChI is InChI=1S/C18H15N5O2S/c1-10-5-4-6-12(7-10)15-20-16(13(9-19)17(21-15)26-3)22-23-14(24)8-11(2)18(23)25/h4-8H,1-3H3,(H,20,21,22). The highest BCUT2D eigenvalue weighted by Crippen LogP contribution is 2.28. The summed E-state index contributed by atoms with van der Waals surface area (Å²) in [6.45, 7) is 3.51. The zero-order valence-electron chi connectivity index (χ0n) is 14.4. The zero-order valence-corrected chi connectivity index (χ0v) is 15.2. The van der Waals surface area contributed by atoms with Gasteiger partial charge in [-0.3, -0.25) is 15.0 Å². The molecule has 0 atom stereocenters. The number of amides is 2. The predicted molar refractivity (Wildman–Crippen MR) is 97.9 cm³/mol. The van der Waals surface area contributed by atoms with Crippen molar-refractivity contribution in [3.05, 3.63) is 47.0 Å². The molecule has 1 N–H and O–H groups in total. The maximum atomic E-state index is 12.1. The lowest BCUT2D eigenvalue weighted by Gasteiger charge is -2.18. The van der Waals surface area contributed by atoms with Crippen molar-refractivity contribution in [2.75, 3.05) is 11.7 Å². The molecule has 2 amide bonds. The molecule has 3 rings (SSSR count). The normalized spacial score (nSPS) is 13.6. The number of hydrogen-bond donors (Lipinski definition) is 1. The molecule has 2 aromatic rings. The molecule has 0 saturated heterocycles. The Morgan fingerprint density at radius 2 is 2.00 bits per heavy atom. The van der Waals surface area contributed by atoms with Crippen molar-refractivity contribution in [3.8, 4) is 17.5 Å². The van der Waals surface area contributed by atoms with Crippen LogP contribution in [0, 0.1) is 18.3 Å². The number of carbonyl (C=O) groups is 2. The molecule has 1 aliphatic heterocycles. The first-order chi connectivity index (χ1) is 12.4. The largest absolute Gasteiger partial charge is 0.275 e. The third kappa shape index (κ3) is 3.17. The van der Waals surface area contributed by atoms with Crippen molar-refractivity contribution in [2.24, 2.45) is 0 Å². The average Bonchev–Trinajstić information content (AvgIpc) is 2.87. The van der Waals surface area contributed by atoms with Gasteiger partial charge in [0.1, 0.15) is 16.7 Å². The van der Waals surface area contributed by atoms with Crippen LogP contribution in [0.3, 0.4) is 0 Å². The average molecular weight is 365 g/mol. The quantitative estimate of drug-likeness (QED) is 0.505. The predicted octanol–water partition coefficient (Wildman–Crippen LogP) is 2.69. The van der Waals surface area contributed by atoms with Crippen LogP contribution in [0.25, 0.3) is 11.4 Å². The highest BCUT2D eigenvalue weighted by molar-refractivity contribution is 7.98. The second-order valence-corrected chi connectivity index (χ2v) is 6.47. The molecule has 130 valence electrons. The monoisotopic (exact) mass is 365 g/mol. The van der Waals surface area contributed by atoms with E-state index in [-0.39, 0.29) is 11.4 Å². The van der Waals surface area contributed by atoms with E-state index in [9.17, 15) is 14.9 Å². The van der Waals surface area contributed by atoms with E-state index in [1.54, 1.807) is 13.2 Å². The first-order valence-corrected chi connectivity index (χ1v) is 8.93. The summed E-state index contributed by atoms with van der Waals surface area (Å²) in [6, 6.07) is 9.67. The fraction of sp³-hybridized carbons (Fsp3) is 0.167. The van der Waals surface area contributed by atoms with E-state index in [0.717, 1.165) is 16.1 Å². The minimum Gasteiger partial charge on any atom is -0.270 e. The van der Waals surface area contributed by atoms with Crippen LogP contribution in [0.4, 0.5) is 5.82 Å². The number of anilines is 1. The van der Waals surface area contributed by atoms with E-state index >= 15 is 0 Å². The van der Waals surface area contributed by atoms with Gasteiger partial charge in [0, 0.05) is 17.2 Å². The van der Waals surface area contributed by atoms with Crippen molar-refractivity contribution in [3.63, 3.8) is 0 Å². The van der Waals surface area contributed by atoms with Crippen LogP contribution in [-0.2, 0) is 9.59 Å². The smallest absolute Gasteiger partial charge is 0.270 e. The summed E-state index contributed by atoms with van der Waals surface area (Å²) in [5.74, 6) is -0.449. The first-order valence-electron chi connectivity index (χ1n) is 7.71. The summed E-state index contributed by atoms with van der Waals surface area (Å²) in [6.07, 6.45) is 3.03. The summed E-state index contributed by atoms with van der Waals surface area (Å²) in [4.78, 5) is 32.9. The van der Waals surface area contributed by atoms with Gasteiger partial charge in [0.25, 0.3) is 11.8 Å². The molecule has 0 saturated carbocycles. The van der Waals surface area contributed by atoms with Crippen LogP contribution in [0.15, 0.2) is 40.9 Å². The molecule has 0 unspecified atom stereocenters. The van der Waals surface area contributed by atoms with Gasteiger partial charge in [0.05, 0.1) is 0 Å². The number of nitrogens with one attached hydrogen (secondary N) is 1. The van der Waals surface area contributed by atoms with Gasteiger partial charge in [-0.2, -0.15) is 10.3 Å². The number of carbonyl (C=O) groups excluding carboxylic acids is 2. The third-order valence-corrected chi connectivity index (χ3v) is 4.46. The van der Waals surface area contributed by atoms with Crippen LogP contribution in [0.1, 0.15) is 18.1 Å². The van der Waals surface area contributed by atoms with Crippen LogP contribution < -0.4 is 5.43 Å². The Hall–Kier alpha value is -3.18. The number of benzene rings is 1. The molecule has 0 aliphatic carbocycles. The number of nitriles is 1. The van der Waals surface area contributed by atoms with E-state index in [1.165, 1.54) is 17.8 Å². The lowest BCUT2D eigenvalue weighted by atomic mass is 10.1. The lowest BCUT2D eigenvalue weighted by molar-refractivity contribution is -0.135. The zero-order chi connectivity index (χ0) is 18.8. The van der Waals surface area contributed by atoms with E-state index in [0.29, 0.717) is 16.4 Å². The number of aryl methyl sites for hydroxylation is 1. The number of imide groups is 1. The number of hydrogen-bond acceptors (Lipinski definition) is 7. The molecule has 8 heteroatoms. The second kappa shape index (κ2) is 6.98. The molecule has 1 aromatic heterocycles. The van der Waals surface area contributed by atoms with Crippen molar-refractivity contribution in [1.82, 2.24) is 15.0 Å². The van der Waals surface area contributed by atoms with Gasteiger partial charge >= 0.3 is 0 Å². The van der Waals surface area contributed by atoms with Gasteiger partial charge in [-0.15, -0.1) is 11.8 Å². The van der Waals surface area contributed by atoms with Crippen molar-refractivity contribution >= 4 is 29.4 Å². The van der Waals surface area contributed by atoms with Crippen molar-refractivity contribution in [2.45, 2.75) is 18.9 Å². The van der Waals surface area contributed by atoms with E-state index in [2.05, 4.69) is 15.4 Å². The molecule has 0 spiro atoms. The summed E-state index contributed by atoms with van der Waals surface area (Å²) >= 11 is 1.29. The minimum absolute atomic E-state index is 0.119. The maximum absolute atomic E-state index is 12.1. The lowest BCUT2D eigenvalue weighted by Crippen LogP contribution is -2.37. The Morgan fingerprint density at radius 1 is 1.23 bits per heavy atom. The van der Waals surface area contributed by atoms with Crippen molar-refractivity contribution < 1.29 is 9.59 Å². The Balaban J connectivity index is 2.09. The summed E-state index contributed by atoms with van der Waals surface area (Å²) < 4.78 is 0. The van der Waals surface area contributed by atoms with Crippen LogP contribution in [0.5, 0.6) is 0 Å². The Labute approximate surface area is 154 Å². The third-order valence-electron chi connectivity index (χ3n) is 3.78. The molecule has 7 nitrogen and oxygen atoms in total. The highest BCUT2D eigenvalue weighted by Gasteiger charge is 2.30. The van der Waals surface area contributed by atoms with Gasteiger partial charge < -0.3 is 0 Å². The van der Waals surface area contributed by atoms with E-state index in [1.807, 2.05) is 37.3 Å². The molecule has 0 radical (unpaired) electrons. The maximum Gasteiger partial charge on any atom is 0.275 e. The number of hydrazine groups is 1. The number of aromatic nitrogens is 2. The van der Waals surface area contributed by atoms with Gasteiger partial charge in [0.15, 0.2) is 11.6 Å². The van der Waals surface area contributed by atoms with Crippen LogP contribution >= 0.6 is 11.8 Å². The molecule has 2 heterocycles. The van der Waals surface area contributed by atoms with Crippen LogP contribution in [0.2, 0.25) is 0 Å². The van der Waals surface area contributed by atoms with Gasteiger partial charge in [-0.25, -0.2) is 9.97 Å². The molecule has 26 heavy (non-hydrogen) atoms. The van der Waals surface area contributed by atoms with Crippen LogP contribution in [-0.4, -0.2) is 33.0 Å². The number of nitrogens with zero attached hydrogens (tertiary/aromatic N) is 4. The molecule has 1 aromatic carbocycles. The topological polar surface area (TPSA) is 99.0 Å². The second-order valence-electron chi connectivity index (χ2n) is 5.68. The summed E-state index contributed by atoms with van der Waals surface area (Å²) in [5, 5.41) is 10.8. The van der Waals surface area contributed by atoms with Gasteiger partial charge in [-0.05, 0) is 26.2 Å². The summed E-state index contributed by atoms with van der Waals surface area (Å²) in [5.41, 5.74) is 5.00. The van der Waals surface area contributed by atoms with Gasteiger partial charge in [0.2, 0.25) is 0 Å². The fourth-order valence-electron chi connectivity index (χ4n) is 2.48. The fourth-order valence-corrected chi connectivity index (χ4v) is 3.01. The molecule has 0 fully saturated rings. The minimum atomic E-state index is -0.502. The SMILES string of the molecule is CSc1nc(-c2cccc(C)c2)nc(NN2C(=O)C=C(C)C2=O)c1C#N. The van der Waals surface area contributed by atoms with E-state index in [4.69, 9.17) is 0 Å².